The number of anilines is 1. The van der Waals surface area contributed by atoms with Crippen molar-refractivity contribution < 1.29 is 14.5 Å². The minimum absolute atomic E-state index is 0.0169. The first-order valence-corrected chi connectivity index (χ1v) is 11.4. The van der Waals surface area contributed by atoms with Crippen LogP contribution in [0, 0.1) is 10.1 Å². The number of H-pyrrole nitrogens is 2. The number of nitro benzene ring substituents is 1. The number of ketones is 1. The van der Waals surface area contributed by atoms with Gasteiger partial charge in [-0.1, -0.05) is 30.0 Å². The van der Waals surface area contributed by atoms with Crippen LogP contribution in [0.15, 0.2) is 69.4 Å². The number of hydrogen-bond acceptors (Lipinski definition) is 8. The quantitative estimate of drug-likeness (QED) is 0.107. The molecule has 0 unspecified atom stereocenters. The molecule has 0 bridgehead atoms. The first kappa shape index (κ1) is 24.3. The van der Waals surface area contributed by atoms with Crippen LogP contribution in [0.1, 0.15) is 15.9 Å². The molecule has 0 saturated carbocycles. The fourth-order valence-corrected chi connectivity index (χ4v) is 3.84. The van der Waals surface area contributed by atoms with E-state index in [1.807, 2.05) is 0 Å². The fraction of sp³-hybridized carbons (Fsp3) is 0.0870. The lowest BCUT2D eigenvalue weighted by atomic mass is 10.1. The molecule has 4 rings (SSSR count). The molecule has 36 heavy (non-hydrogen) atoms. The van der Waals surface area contributed by atoms with Crippen LogP contribution in [0.3, 0.4) is 0 Å². The van der Waals surface area contributed by atoms with Crippen LogP contribution in [0.5, 0.6) is 0 Å². The molecule has 12 nitrogen and oxygen atoms in total. The molecule has 1 amide bonds. The van der Waals surface area contributed by atoms with Crippen molar-refractivity contribution >= 4 is 52.1 Å². The van der Waals surface area contributed by atoms with E-state index < -0.39 is 16.2 Å². The van der Waals surface area contributed by atoms with Crippen molar-refractivity contribution in [3.8, 4) is 0 Å². The summed E-state index contributed by atoms with van der Waals surface area (Å²) in [5.74, 6) is -0.660. The highest BCUT2D eigenvalue weighted by Gasteiger charge is 2.12. The van der Waals surface area contributed by atoms with Crippen molar-refractivity contribution in [3.63, 3.8) is 0 Å². The van der Waals surface area contributed by atoms with E-state index >= 15 is 0 Å². The molecule has 182 valence electrons. The predicted molar refractivity (Wildman–Crippen MR) is 134 cm³/mol. The average molecular weight is 507 g/mol. The van der Waals surface area contributed by atoms with Gasteiger partial charge in [0.25, 0.3) is 11.2 Å². The molecule has 0 atom stereocenters. The Morgan fingerprint density at radius 1 is 1.17 bits per heavy atom. The van der Waals surface area contributed by atoms with Gasteiger partial charge in [0.05, 0.1) is 10.7 Å². The lowest BCUT2D eigenvalue weighted by Gasteiger charge is -2.05. The third-order valence-electron chi connectivity index (χ3n) is 5.03. The van der Waals surface area contributed by atoms with Gasteiger partial charge in [0.2, 0.25) is 5.91 Å². The number of amides is 1. The van der Waals surface area contributed by atoms with Crippen molar-refractivity contribution in [3.05, 3.63) is 96.7 Å². The van der Waals surface area contributed by atoms with Gasteiger partial charge in [-0.05, 0) is 35.9 Å². The van der Waals surface area contributed by atoms with Gasteiger partial charge in [-0.2, -0.15) is 0 Å². The smallest absolute Gasteiger partial charge is 0.327 e. The zero-order valence-electron chi connectivity index (χ0n) is 18.7. The summed E-state index contributed by atoms with van der Waals surface area (Å²) in [6.45, 7) is 0. The molecule has 0 spiro atoms. The summed E-state index contributed by atoms with van der Waals surface area (Å²) >= 11 is 1.05. The highest BCUT2D eigenvalue weighted by Crippen LogP contribution is 2.18. The van der Waals surface area contributed by atoms with Gasteiger partial charge in [0.15, 0.2) is 22.1 Å². The molecule has 4 aromatic rings. The van der Waals surface area contributed by atoms with E-state index in [9.17, 15) is 29.3 Å². The Bertz CT molecular complexity index is 1630. The van der Waals surface area contributed by atoms with Gasteiger partial charge in [-0.3, -0.25) is 34.0 Å². The number of imidazole rings is 1. The number of nitro groups is 1. The van der Waals surface area contributed by atoms with Gasteiger partial charge in [-0.25, -0.2) is 9.78 Å². The molecular formula is C23H18N6O6S. The van der Waals surface area contributed by atoms with Crippen LogP contribution in [0.2, 0.25) is 0 Å². The van der Waals surface area contributed by atoms with E-state index in [0.717, 1.165) is 16.3 Å². The summed E-state index contributed by atoms with van der Waals surface area (Å²) < 4.78 is 0.916. The summed E-state index contributed by atoms with van der Waals surface area (Å²) in [4.78, 5) is 68.2. The number of fused-ring (bicyclic) bond motifs is 1. The molecule has 0 aliphatic rings. The monoisotopic (exact) mass is 506 g/mol. The molecule has 2 heterocycles. The maximum atomic E-state index is 12.4. The van der Waals surface area contributed by atoms with Crippen LogP contribution in [0.25, 0.3) is 17.2 Å². The number of allylic oxidation sites excluding steroid dienone is 1. The molecule has 0 fully saturated rings. The van der Waals surface area contributed by atoms with Crippen LogP contribution >= 0.6 is 11.8 Å². The van der Waals surface area contributed by atoms with E-state index in [4.69, 9.17) is 0 Å². The third-order valence-corrected chi connectivity index (χ3v) is 5.91. The number of hydrogen-bond donors (Lipinski definition) is 3. The second kappa shape index (κ2) is 10.2. The lowest BCUT2D eigenvalue weighted by molar-refractivity contribution is -0.384. The van der Waals surface area contributed by atoms with Gasteiger partial charge < -0.3 is 10.3 Å². The van der Waals surface area contributed by atoms with E-state index in [0.29, 0.717) is 22.0 Å². The molecular weight excluding hydrogens is 488 g/mol. The molecule has 0 aliphatic carbocycles. The van der Waals surface area contributed by atoms with Crippen molar-refractivity contribution in [1.29, 1.82) is 0 Å². The number of rotatable bonds is 8. The van der Waals surface area contributed by atoms with Crippen LogP contribution in [0.4, 0.5) is 11.4 Å². The Balaban J connectivity index is 1.34. The number of aromatic amines is 2. The van der Waals surface area contributed by atoms with Crippen molar-refractivity contribution in [2.75, 3.05) is 11.1 Å². The number of non-ortho nitro benzene ring substituents is 1. The van der Waals surface area contributed by atoms with Gasteiger partial charge in [0, 0.05) is 30.4 Å². The molecule has 2 aromatic heterocycles. The maximum Gasteiger partial charge on any atom is 0.329 e. The molecule has 0 radical (unpaired) electrons. The lowest BCUT2D eigenvalue weighted by Crippen LogP contribution is -2.32. The second-order valence-corrected chi connectivity index (χ2v) is 8.49. The SMILES string of the molecule is Cn1c(=O)[nH]c2nc(SCC(=O)Nc3ccc(C(=O)/C=C/c4cccc([N+](=O)[O-])c4)cc3)[nH]c2c1=O. The largest absolute Gasteiger partial charge is 0.329 e. The topological polar surface area (TPSA) is 173 Å². The zero-order chi connectivity index (χ0) is 25.8. The van der Waals surface area contributed by atoms with E-state index in [1.54, 1.807) is 30.3 Å². The minimum atomic E-state index is -0.588. The molecule has 2 aromatic carbocycles. The van der Waals surface area contributed by atoms with Gasteiger partial charge in [0.1, 0.15) is 0 Å². The molecule has 0 aliphatic heterocycles. The fourth-order valence-electron chi connectivity index (χ4n) is 3.17. The Morgan fingerprint density at radius 3 is 2.64 bits per heavy atom. The Hall–Kier alpha value is -4.78. The number of aromatic nitrogens is 4. The predicted octanol–water partition coefficient (Wildman–Crippen LogP) is 2.48. The molecule has 3 N–H and O–H groups in total. The maximum absolute atomic E-state index is 12.4. The van der Waals surface area contributed by atoms with E-state index in [2.05, 4.69) is 20.3 Å². The second-order valence-electron chi connectivity index (χ2n) is 7.52. The Morgan fingerprint density at radius 2 is 1.92 bits per heavy atom. The summed E-state index contributed by atoms with van der Waals surface area (Å²) in [5, 5.41) is 13.9. The number of thioether (sulfide) groups is 1. The number of benzene rings is 2. The van der Waals surface area contributed by atoms with Gasteiger partial charge >= 0.3 is 5.69 Å². The average Bonchev–Trinajstić information content (AvgIpc) is 3.28. The van der Waals surface area contributed by atoms with E-state index in [-0.39, 0.29) is 34.3 Å². The van der Waals surface area contributed by atoms with Crippen LogP contribution in [-0.4, -0.2) is 41.9 Å². The molecule has 0 saturated heterocycles. The number of nitrogens with zero attached hydrogens (tertiary/aromatic N) is 3. The third kappa shape index (κ3) is 5.47. The Kier molecular flexibility index (Phi) is 6.92. The number of carbonyl (C=O) groups excluding carboxylic acids is 2. The van der Waals surface area contributed by atoms with E-state index in [1.165, 1.54) is 37.4 Å². The van der Waals surface area contributed by atoms with Crippen molar-refractivity contribution in [1.82, 2.24) is 19.5 Å². The summed E-state index contributed by atoms with van der Waals surface area (Å²) in [7, 11) is 1.34. The summed E-state index contributed by atoms with van der Waals surface area (Å²) in [6.07, 6.45) is 2.81. The first-order chi connectivity index (χ1) is 17.2. The summed E-state index contributed by atoms with van der Waals surface area (Å²) in [5.41, 5.74) is 0.453. The number of carbonyl (C=O) groups is 2. The standard InChI is InChI=1S/C23H18N6O6S/c1-28-21(32)19-20(27-23(28)33)26-22(25-19)36-12-18(31)24-15-8-6-14(7-9-15)17(30)10-5-13-3-2-4-16(11-13)29(34)35/h2-11H,12H2,1H3,(H,24,31)(H,25,26)(H,27,33)/b10-5+. The van der Waals surface area contributed by atoms with Crippen LogP contribution < -0.4 is 16.6 Å². The summed E-state index contributed by atoms with van der Waals surface area (Å²) in [6, 6.07) is 12.2. The number of nitrogens with one attached hydrogen (secondary N) is 3. The highest BCUT2D eigenvalue weighted by molar-refractivity contribution is 7.99. The van der Waals surface area contributed by atoms with Crippen LogP contribution in [-0.2, 0) is 11.8 Å². The first-order valence-electron chi connectivity index (χ1n) is 10.4. The zero-order valence-corrected chi connectivity index (χ0v) is 19.5. The normalized spacial score (nSPS) is 11.1. The van der Waals surface area contributed by atoms with Crippen molar-refractivity contribution in [2.24, 2.45) is 7.05 Å². The Labute approximate surface area is 206 Å². The molecule has 13 heteroatoms. The van der Waals surface area contributed by atoms with Crippen molar-refractivity contribution in [2.45, 2.75) is 5.16 Å². The minimum Gasteiger partial charge on any atom is -0.327 e. The highest BCUT2D eigenvalue weighted by atomic mass is 32.2. The van der Waals surface area contributed by atoms with Gasteiger partial charge in [-0.15, -0.1) is 0 Å².